The smallest absolute Gasteiger partial charge is 0.319 e. The number of nitrogens with zero attached hydrogens (tertiary/aromatic N) is 2. The molecule has 22 heavy (non-hydrogen) atoms. The van der Waals surface area contributed by atoms with Crippen molar-refractivity contribution in [3.8, 4) is 5.75 Å². The predicted octanol–water partition coefficient (Wildman–Crippen LogP) is 2.82. The van der Waals surface area contributed by atoms with Gasteiger partial charge in [0.25, 0.3) is 0 Å². The fraction of sp³-hybridized carbons (Fsp3) is 0.400. The molecule has 2 rings (SSSR count). The van der Waals surface area contributed by atoms with Gasteiger partial charge >= 0.3 is 6.03 Å². The van der Waals surface area contributed by atoms with E-state index in [1.807, 2.05) is 12.1 Å². The molecule has 0 atom stereocenters. The molecule has 1 aromatic carbocycles. The fourth-order valence-corrected chi connectivity index (χ4v) is 1.68. The highest BCUT2D eigenvalue weighted by Gasteiger charge is 2.05. The van der Waals surface area contributed by atoms with Gasteiger partial charge in [-0.15, -0.1) is 0 Å². The van der Waals surface area contributed by atoms with Crippen molar-refractivity contribution in [3.05, 3.63) is 36.2 Å². The average Bonchev–Trinajstić information content (AvgIpc) is 2.98. The molecular weight excluding hydrogens is 284 g/mol. The Bertz CT molecular complexity index is 584. The third-order valence-corrected chi connectivity index (χ3v) is 2.89. The highest BCUT2D eigenvalue weighted by molar-refractivity contribution is 5.89. The SMILES string of the molecule is CC(C)CCOc1cccc(NC(=O)NCc2cnon2)c1. The maximum Gasteiger partial charge on any atom is 0.319 e. The van der Waals surface area contributed by atoms with E-state index < -0.39 is 0 Å². The molecule has 0 saturated heterocycles. The van der Waals surface area contributed by atoms with Crippen LogP contribution in [-0.4, -0.2) is 23.0 Å². The van der Waals surface area contributed by atoms with Crippen LogP contribution in [0.15, 0.2) is 35.1 Å². The quantitative estimate of drug-likeness (QED) is 0.821. The second kappa shape index (κ2) is 8.02. The summed E-state index contributed by atoms with van der Waals surface area (Å²) in [6.07, 6.45) is 2.44. The number of amides is 2. The van der Waals surface area contributed by atoms with E-state index in [4.69, 9.17) is 4.74 Å². The first-order valence-electron chi connectivity index (χ1n) is 7.17. The minimum absolute atomic E-state index is 0.250. The molecule has 2 amide bonds. The lowest BCUT2D eigenvalue weighted by Gasteiger charge is -2.10. The van der Waals surface area contributed by atoms with Gasteiger partial charge < -0.3 is 15.4 Å². The first-order chi connectivity index (χ1) is 10.6. The van der Waals surface area contributed by atoms with Crippen molar-refractivity contribution in [1.82, 2.24) is 15.6 Å². The van der Waals surface area contributed by atoms with Crippen LogP contribution >= 0.6 is 0 Å². The number of urea groups is 1. The Morgan fingerprint density at radius 1 is 1.41 bits per heavy atom. The Balaban J connectivity index is 1.80. The fourth-order valence-electron chi connectivity index (χ4n) is 1.68. The van der Waals surface area contributed by atoms with Gasteiger partial charge in [-0.25, -0.2) is 9.42 Å². The van der Waals surface area contributed by atoms with E-state index in [-0.39, 0.29) is 12.6 Å². The number of ether oxygens (including phenoxy) is 1. The molecule has 2 N–H and O–H groups in total. The molecule has 7 heteroatoms. The molecule has 0 bridgehead atoms. The highest BCUT2D eigenvalue weighted by atomic mass is 16.6. The van der Waals surface area contributed by atoms with Gasteiger partial charge in [0, 0.05) is 11.8 Å². The molecule has 0 fully saturated rings. The molecule has 0 saturated carbocycles. The van der Waals surface area contributed by atoms with Gasteiger partial charge in [-0.05, 0) is 24.5 Å². The molecule has 2 aromatic rings. The van der Waals surface area contributed by atoms with E-state index >= 15 is 0 Å². The van der Waals surface area contributed by atoms with Crippen LogP contribution < -0.4 is 15.4 Å². The molecule has 1 aromatic heterocycles. The lowest BCUT2D eigenvalue weighted by atomic mass is 10.1. The second-order valence-electron chi connectivity index (χ2n) is 5.27. The van der Waals surface area contributed by atoms with Crippen molar-refractivity contribution < 1.29 is 14.2 Å². The molecule has 0 unspecified atom stereocenters. The number of rotatable bonds is 7. The summed E-state index contributed by atoms with van der Waals surface area (Å²) in [5, 5.41) is 12.5. The number of benzene rings is 1. The number of carbonyl (C=O) groups is 1. The van der Waals surface area contributed by atoms with Crippen LogP contribution in [0.1, 0.15) is 26.0 Å². The van der Waals surface area contributed by atoms with Gasteiger partial charge in [0.05, 0.1) is 19.3 Å². The normalized spacial score (nSPS) is 10.5. The van der Waals surface area contributed by atoms with E-state index in [1.54, 1.807) is 12.1 Å². The van der Waals surface area contributed by atoms with Crippen molar-refractivity contribution >= 4 is 11.7 Å². The summed E-state index contributed by atoms with van der Waals surface area (Å²) < 4.78 is 10.1. The Morgan fingerprint density at radius 3 is 3.00 bits per heavy atom. The van der Waals surface area contributed by atoms with Crippen molar-refractivity contribution in [2.24, 2.45) is 5.92 Å². The lowest BCUT2D eigenvalue weighted by molar-refractivity contribution is 0.251. The maximum absolute atomic E-state index is 11.8. The molecule has 118 valence electrons. The number of anilines is 1. The Kier molecular flexibility index (Phi) is 5.76. The zero-order valence-corrected chi connectivity index (χ0v) is 12.7. The molecule has 1 heterocycles. The van der Waals surface area contributed by atoms with Crippen LogP contribution in [0.3, 0.4) is 0 Å². The van der Waals surface area contributed by atoms with Crippen LogP contribution in [0.2, 0.25) is 0 Å². The molecule has 0 aliphatic rings. The third kappa shape index (κ3) is 5.43. The van der Waals surface area contributed by atoms with Crippen molar-refractivity contribution in [3.63, 3.8) is 0 Å². The van der Waals surface area contributed by atoms with Crippen LogP contribution in [-0.2, 0) is 6.54 Å². The van der Waals surface area contributed by atoms with Gasteiger partial charge in [0.2, 0.25) is 0 Å². The monoisotopic (exact) mass is 304 g/mol. The summed E-state index contributed by atoms with van der Waals surface area (Å²) in [6, 6.07) is 6.96. The van der Waals surface area contributed by atoms with Crippen molar-refractivity contribution in [1.29, 1.82) is 0 Å². The summed E-state index contributed by atoms with van der Waals surface area (Å²) >= 11 is 0. The van der Waals surface area contributed by atoms with Crippen molar-refractivity contribution in [2.45, 2.75) is 26.8 Å². The molecule has 0 spiro atoms. The molecular formula is C15H20N4O3. The number of nitrogens with one attached hydrogen (secondary N) is 2. The Morgan fingerprint density at radius 2 is 2.27 bits per heavy atom. The summed E-state index contributed by atoms with van der Waals surface area (Å²) in [6.45, 7) is 5.21. The van der Waals surface area contributed by atoms with Crippen LogP contribution in [0.25, 0.3) is 0 Å². The first-order valence-corrected chi connectivity index (χ1v) is 7.17. The lowest BCUT2D eigenvalue weighted by Crippen LogP contribution is -2.28. The summed E-state index contributed by atoms with van der Waals surface area (Å²) in [7, 11) is 0. The second-order valence-corrected chi connectivity index (χ2v) is 5.27. The van der Waals surface area contributed by atoms with E-state index in [0.29, 0.717) is 23.9 Å². The summed E-state index contributed by atoms with van der Waals surface area (Å²) in [5.41, 5.74) is 1.22. The molecule has 0 radical (unpaired) electrons. The molecule has 0 aliphatic carbocycles. The molecule has 0 aliphatic heterocycles. The Hall–Kier alpha value is -2.57. The van der Waals surface area contributed by atoms with Gasteiger partial charge in [-0.3, -0.25) is 0 Å². The zero-order valence-electron chi connectivity index (χ0n) is 12.7. The van der Waals surface area contributed by atoms with E-state index in [2.05, 4.69) is 39.4 Å². The van der Waals surface area contributed by atoms with Crippen LogP contribution in [0.4, 0.5) is 10.5 Å². The molecule has 7 nitrogen and oxygen atoms in total. The minimum Gasteiger partial charge on any atom is -0.494 e. The zero-order chi connectivity index (χ0) is 15.8. The average molecular weight is 304 g/mol. The van der Waals surface area contributed by atoms with Gasteiger partial charge in [-0.2, -0.15) is 0 Å². The highest BCUT2D eigenvalue weighted by Crippen LogP contribution is 2.18. The summed E-state index contributed by atoms with van der Waals surface area (Å²) in [5.74, 6) is 1.33. The first kappa shape index (κ1) is 15.8. The number of hydrogen-bond acceptors (Lipinski definition) is 5. The van der Waals surface area contributed by atoms with Gasteiger partial charge in [0.1, 0.15) is 11.4 Å². The van der Waals surface area contributed by atoms with E-state index in [9.17, 15) is 4.79 Å². The van der Waals surface area contributed by atoms with Gasteiger partial charge in [-0.1, -0.05) is 30.2 Å². The van der Waals surface area contributed by atoms with Crippen LogP contribution in [0.5, 0.6) is 5.75 Å². The van der Waals surface area contributed by atoms with E-state index in [0.717, 1.165) is 12.2 Å². The van der Waals surface area contributed by atoms with Crippen LogP contribution in [0, 0.1) is 5.92 Å². The largest absolute Gasteiger partial charge is 0.494 e. The standard InChI is InChI=1S/C15H20N4O3/c1-11(2)6-7-21-14-5-3-4-12(8-14)18-15(20)16-9-13-10-17-22-19-13/h3-5,8,10-11H,6-7,9H2,1-2H3,(H2,16,18,20). The topological polar surface area (TPSA) is 89.3 Å². The van der Waals surface area contributed by atoms with Gasteiger partial charge in [0.15, 0.2) is 0 Å². The van der Waals surface area contributed by atoms with E-state index in [1.165, 1.54) is 6.20 Å². The minimum atomic E-state index is -0.331. The number of aromatic nitrogens is 2. The summed E-state index contributed by atoms with van der Waals surface area (Å²) in [4.78, 5) is 11.8. The maximum atomic E-state index is 11.8. The third-order valence-electron chi connectivity index (χ3n) is 2.89. The Labute approximate surface area is 129 Å². The van der Waals surface area contributed by atoms with Crippen molar-refractivity contribution in [2.75, 3.05) is 11.9 Å². The number of carbonyl (C=O) groups excluding carboxylic acids is 1. The predicted molar refractivity (Wildman–Crippen MR) is 81.5 cm³/mol. The number of hydrogen-bond donors (Lipinski definition) is 2.